The van der Waals surface area contributed by atoms with Crippen LogP contribution in [0.2, 0.25) is 0 Å². The van der Waals surface area contributed by atoms with Gasteiger partial charge in [0.2, 0.25) is 5.75 Å². The second-order valence-corrected chi connectivity index (χ2v) is 4.34. The Kier molecular flexibility index (Phi) is 4.14. The highest BCUT2D eigenvalue weighted by Gasteiger charge is 2.17. The number of nitro groups is 1. The van der Waals surface area contributed by atoms with Gasteiger partial charge in [-0.05, 0) is 32.0 Å². The van der Waals surface area contributed by atoms with Gasteiger partial charge in [0.05, 0.1) is 11.0 Å². The molecule has 0 radical (unpaired) electrons. The largest absolute Gasteiger partial charge is 0.484 e. The third kappa shape index (κ3) is 3.44. The van der Waals surface area contributed by atoms with E-state index in [0.29, 0.717) is 11.5 Å². The van der Waals surface area contributed by atoms with Crippen molar-refractivity contribution in [2.45, 2.75) is 20.0 Å². The summed E-state index contributed by atoms with van der Waals surface area (Å²) in [4.78, 5) is 14.4. The summed E-state index contributed by atoms with van der Waals surface area (Å²) in [5.41, 5.74) is -0.0826. The summed E-state index contributed by atoms with van der Waals surface area (Å²) in [7, 11) is 0. The van der Waals surface area contributed by atoms with Crippen LogP contribution < -0.4 is 9.47 Å². The summed E-state index contributed by atoms with van der Waals surface area (Å²) in [5.74, 6) is 1.26. The quantitative estimate of drug-likeness (QED) is 0.615. The molecule has 1 aromatic heterocycles. The Balaban J connectivity index is 2.29. The number of rotatable bonds is 5. The van der Waals surface area contributed by atoms with Crippen LogP contribution in [0.4, 0.5) is 5.69 Å². The Morgan fingerprint density at radius 1 is 1.15 bits per heavy atom. The highest BCUT2D eigenvalue weighted by atomic mass is 16.6. The molecule has 6 nitrogen and oxygen atoms in total. The van der Waals surface area contributed by atoms with Crippen LogP contribution in [0.25, 0.3) is 0 Å². The van der Waals surface area contributed by atoms with Gasteiger partial charge in [-0.15, -0.1) is 0 Å². The second-order valence-electron chi connectivity index (χ2n) is 4.34. The van der Waals surface area contributed by atoms with Gasteiger partial charge in [0.15, 0.2) is 0 Å². The Labute approximate surface area is 116 Å². The molecule has 0 N–H and O–H groups in total. The van der Waals surface area contributed by atoms with Crippen LogP contribution in [0.1, 0.15) is 13.8 Å². The first kappa shape index (κ1) is 13.8. The molecule has 0 aliphatic heterocycles. The molecule has 20 heavy (non-hydrogen) atoms. The summed E-state index contributed by atoms with van der Waals surface area (Å²) < 4.78 is 11.0. The fraction of sp³-hybridized carbons (Fsp3) is 0.214. The van der Waals surface area contributed by atoms with Crippen LogP contribution in [-0.2, 0) is 0 Å². The Hall–Kier alpha value is -2.63. The number of aromatic nitrogens is 1. The fourth-order valence-corrected chi connectivity index (χ4v) is 1.60. The van der Waals surface area contributed by atoms with Crippen LogP contribution in [0.15, 0.2) is 42.7 Å². The highest BCUT2D eigenvalue weighted by Crippen LogP contribution is 2.33. The smallest absolute Gasteiger partial charge is 0.311 e. The van der Waals surface area contributed by atoms with Gasteiger partial charge >= 0.3 is 5.69 Å². The topological polar surface area (TPSA) is 74.5 Å². The minimum Gasteiger partial charge on any atom is -0.484 e. The van der Waals surface area contributed by atoms with E-state index < -0.39 is 4.92 Å². The lowest BCUT2D eigenvalue weighted by Crippen LogP contribution is -2.07. The molecule has 0 amide bonds. The Bertz CT molecular complexity index is 599. The number of nitro benzene ring substituents is 1. The average molecular weight is 274 g/mol. The molecule has 0 saturated carbocycles. The van der Waals surface area contributed by atoms with E-state index in [9.17, 15) is 10.1 Å². The predicted molar refractivity (Wildman–Crippen MR) is 73.2 cm³/mol. The molecule has 0 aliphatic carbocycles. The number of hydrogen-bond acceptors (Lipinski definition) is 5. The summed E-state index contributed by atoms with van der Waals surface area (Å²) in [5, 5.41) is 10.9. The fourth-order valence-electron chi connectivity index (χ4n) is 1.60. The van der Waals surface area contributed by atoms with Crippen LogP contribution in [0.3, 0.4) is 0 Å². The van der Waals surface area contributed by atoms with Crippen molar-refractivity contribution >= 4 is 5.69 Å². The lowest BCUT2D eigenvalue weighted by atomic mass is 10.2. The number of nitrogens with zero attached hydrogens (tertiary/aromatic N) is 2. The third-order valence-electron chi connectivity index (χ3n) is 2.38. The first-order chi connectivity index (χ1) is 9.56. The SMILES string of the molecule is CC(C)Oc1cc(Oc2ccncc2)ccc1[N+](=O)[O-]. The molecule has 1 aromatic carbocycles. The van der Waals surface area contributed by atoms with Gasteiger partial charge in [0.1, 0.15) is 11.5 Å². The predicted octanol–water partition coefficient (Wildman–Crippen LogP) is 3.57. The van der Waals surface area contributed by atoms with Gasteiger partial charge in [0.25, 0.3) is 0 Å². The van der Waals surface area contributed by atoms with E-state index >= 15 is 0 Å². The first-order valence-electron chi connectivity index (χ1n) is 6.09. The molecule has 0 atom stereocenters. The van der Waals surface area contributed by atoms with Crippen molar-refractivity contribution in [3.8, 4) is 17.2 Å². The Morgan fingerprint density at radius 2 is 1.85 bits per heavy atom. The van der Waals surface area contributed by atoms with E-state index in [0.717, 1.165) is 0 Å². The van der Waals surface area contributed by atoms with Crippen LogP contribution in [-0.4, -0.2) is 16.0 Å². The van der Waals surface area contributed by atoms with E-state index in [-0.39, 0.29) is 17.5 Å². The second kappa shape index (κ2) is 6.01. The lowest BCUT2D eigenvalue weighted by molar-refractivity contribution is -0.386. The summed E-state index contributed by atoms with van der Waals surface area (Å²) in [6, 6.07) is 7.81. The van der Waals surface area contributed by atoms with Crippen molar-refractivity contribution in [3.05, 3.63) is 52.8 Å². The molecule has 2 aromatic rings. The van der Waals surface area contributed by atoms with Gasteiger partial charge in [0, 0.05) is 24.5 Å². The molecule has 104 valence electrons. The maximum Gasteiger partial charge on any atom is 0.311 e. The summed E-state index contributed by atoms with van der Waals surface area (Å²) in [6.45, 7) is 3.61. The van der Waals surface area contributed by atoms with Gasteiger partial charge < -0.3 is 9.47 Å². The van der Waals surface area contributed by atoms with E-state index in [1.807, 2.05) is 0 Å². The monoisotopic (exact) mass is 274 g/mol. The normalized spacial score (nSPS) is 10.3. The van der Waals surface area contributed by atoms with Crippen molar-refractivity contribution in [2.24, 2.45) is 0 Å². The van der Waals surface area contributed by atoms with Crippen LogP contribution >= 0.6 is 0 Å². The number of pyridine rings is 1. The molecule has 0 bridgehead atoms. The molecular formula is C14H14N2O4. The van der Waals surface area contributed by atoms with Crippen molar-refractivity contribution in [1.82, 2.24) is 4.98 Å². The minimum atomic E-state index is -0.478. The van der Waals surface area contributed by atoms with Crippen molar-refractivity contribution in [1.29, 1.82) is 0 Å². The summed E-state index contributed by atoms with van der Waals surface area (Å²) in [6.07, 6.45) is 3.04. The minimum absolute atomic E-state index is 0.0826. The van der Waals surface area contributed by atoms with Crippen molar-refractivity contribution in [2.75, 3.05) is 0 Å². The standard InChI is InChI=1S/C14H14N2O4/c1-10(2)19-14-9-12(3-4-13(14)16(17)18)20-11-5-7-15-8-6-11/h3-10H,1-2H3. The summed E-state index contributed by atoms with van der Waals surface area (Å²) >= 11 is 0. The molecule has 6 heteroatoms. The molecular weight excluding hydrogens is 260 g/mol. The zero-order chi connectivity index (χ0) is 14.5. The molecule has 0 unspecified atom stereocenters. The number of hydrogen-bond donors (Lipinski definition) is 0. The van der Waals surface area contributed by atoms with E-state index in [1.54, 1.807) is 38.4 Å². The molecule has 0 fully saturated rings. The Morgan fingerprint density at radius 3 is 2.45 bits per heavy atom. The van der Waals surface area contributed by atoms with Crippen LogP contribution in [0.5, 0.6) is 17.2 Å². The van der Waals surface area contributed by atoms with Crippen LogP contribution in [0, 0.1) is 10.1 Å². The van der Waals surface area contributed by atoms with Crippen molar-refractivity contribution < 1.29 is 14.4 Å². The molecule has 0 saturated heterocycles. The van der Waals surface area contributed by atoms with E-state index in [2.05, 4.69) is 4.98 Å². The maximum absolute atomic E-state index is 10.9. The van der Waals surface area contributed by atoms with Gasteiger partial charge in [-0.3, -0.25) is 15.1 Å². The number of benzene rings is 1. The third-order valence-corrected chi connectivity index (χ3v) is 2.38. The average Bonchev–Trinajstić information content (AvgIpc) is 2.39. The maximum atomic E-state index is 10.9. The lowest BCUT2D eigenvalue weighted by Gasteiger charge is -2.12. The number of ether oxygens (including phenoxy) is 2. The van der Waals surface area contributed by atoms with Gasteiger partial charge in [-0.1, -0.05) is 0 Å². The molecule has 0 aliphatic rings. The molecule has 0 spiro atoms. The highest BCUT2D eigenvalue weighted by molar-refractivity contribution is 5.51. The van der Waals surface area contributed by atoms with Gasteiger partial charge in [-0.25, -0.2) is 0 Å². The zero-order valence-corrected chi connectivity index (χ0v) is 11.1. The van der Waals surface area contributed by atoms with E-state index in [4.69, 9.17) is 9.47 Å². The van der Waals surface area contributed by atoms with Crippen molar-refractivity contribution in [3.63, 3.8) is 0 Å². The first-order valence-corrected chi connectivity index (χ1v) is 6.09. The molecule has 1 heterocycles. The zero-order valence-electron chi connectivity index (χ0n) is 11.1. The van der Waals surface area contributed by atoms with E-state index in [1.165, 1.54) is 18.2 Å². The molecule has 2 rings (SSSR count). The van der Waals surface area contributed by atoms with Gasteiger partial charge in [-0.2, -0.15) is 0 Å².